The summed E-state index contributed by atoms with van der Waals surface area (Å²) in [5.41, 5.74) is 7.05. The number of nitrogens with two attached hydrogens (primary N) is 1. The van der Waals surface area contributed by atoms with Crippen molar-refractivity contribution in [1.29, 1.82) is 0 Å². The van der Waals surface area contributed by atoms with Crippen LogP contribution in [0.2, 0.25) is 4.34 Å². The van der Waals surface area contributed by atoms with Crippen LogP contribution in [0, 0.1) is 0 Å². The predicted octanol–water partition coefficient (Wildman–Crippen LogP) is 5.15. The molecule has 0 saturated carbocycles. The average Bonchev–Trinajstić information content (AvgIpc) is 2.96. The third kappa shape index (κ3) is 2.72. The maximum atomic E-state index is 6.20. The van der Waals surface area contributed by atoms with Gasteiger partial charge in [0.25, 0.3) is 0 Å². The fourth-order valence-electron chi connectivity index (χ4n) is 2.01. The molecule has 0 amide bonds. The molecule has 1 atom stereocenters. The lowest BCUT2D eigenvalue weighted by atomic mass is 10.1. The molecule has 2 heterocycles. The Morgan fingerprint density at radius 3 is 2.84 bits per heavy atom. The third-order valence-corrected chi connectivity index (χ3v) is 4.81. The zero-order chi connectivity index (χ0) is 13.4. The fraction of sp³-hybridized carbons (Fsp3) is 0.143. The van der Waals surface area contributed by atoms with E-state index in [4.69, 9.17) is 21.8 Å². The van der Waals surface area contributed by atoms with Gasteiger partial charge in [-0.3, -0.25) is 0 Å². The SMILES string of the molecule is NC(Cc1ccc(Cl)s1)c1cc2cccc(Br)c2o1. The van der Waals surface area contributed by atoms with Crippen LogP contribution in [-0.2, 0) is 6.42 Å². The number of thiophene rings is 1. The van der Waals surface area contributed by atoms with Crippen LogP contribution >= 0.6 is 38.9 Å². The summed E-state index contributed by atoms with van der Waals surface area (Å²) in [6, 6.07) is 11.7. The van der Waals surface area contributed by atoms with Crippen molar-refractivity contribution in [1.82, 2.24) is 0 Å². The molecule has 0 aliphatic heterocycles. The van der Waals surface area contributed by atoms with Crippen LogP contribution in [0.3, 0.4) is 0 Å². The van der Waals surface area contributed by atoms with E-state index in [9.17, 15) is 0 Å². The molecular weight excluding hydrogens is 346 g/mol. The Morgan fingerprint density at radius 2 is 2.16 bits per heavy atom. The van der Waals surface area contributed by atoms with Crippen molar-refractivity contribution >= 4 is 49.8 Å². The van der Waals surface area contributed by atoms with Crippen molar-refractivity contribution in [2.45, 2.75) is 12.5 Å². The molecule has 2 nitrogen and oxygen atoms in total. The molecule has 0 fully saturated rings. The number of para-hydroxylation sites is 1. The first kappa shape index (κ1) is 13.2. The quantitative estimate of drug-likeness (QED) is 0.704. The lowest BCUT2D eigenvalue weighted by molar-refractivity contribution is 0.494. The van der Waals surface area contributed by atoms with Gasteiger partial charge in [0.05, 0.1) is 14.9 Å². The summed E-state index contributed by atoms with van der Waals surface area (Å²) in [4.78, 5) is 1.16. The van der Waals surface area contributed by atoms with E-state index in [0.717, 1.165) is 36.8 Å². The molecule has 2 aromatic heterocycles. The molecule has 1 unspecified atom stereocenters. The molecule has 3 aromatic rings. The Hall–Kier alpha value is -0.810. The predicted molar refractivity (Wildman–Crippen MR) is 83.9 cm³/mol. The maximum Gasteiger partial charge on any atom is 0.148 e. The first-order chi connectivity index (χ1) is 9.13. The highest BCUT2D eigenvalue weighted by molar-refractivity contribution is 9.10. The van der Waals surface area contributed by atoms with Crippen LogP contribution in [0.25, 0.3) is 11.0 Å². The van der Waals surface area contributed by atoms with Crippen molar-refractivity contribution < 1.29 is 4.42 Å². The lowest BCUT2D eigenvalue weighted by Gasteiger charge is -2.06. The minimum absolute atomic E-state index is 0.158. The molecule has 0 aliphatic carbocycles. The van der Waals surface area contributed by atoms with Crippen molar-refractivity contribution in [3.05, 3.63) is 55.8 Å². The van der Waals surface area contributed by atoms with Crippen molar-refractivity contribution in [3.8, 4) is 0 Å². The zero-order valence-corrected chi connectivity index (χ0v) is 13.1. The Morgan fingerprint density at radius 1 is 1.32 bits per heavy atom. The van der Waals surface area contributed by atoms with Crippen LogP contribution in [0.5, 0.6) is 0 Å². The highest BCUT2D eigenvalue weighted by Crippen LogP contribution is 2.31. The van der Waals surface area contributed by atoms with Gasteiger partial charge in [0, 0.05) is 16.7 Å². The maximum absolute atomic E-state index is 6.20. The second-order valence-corrected chi connectivity index (χ2v) is 6.98. The van der Waals surface area contributed by atoms with Crippen molar-refractivity contribution in [2.75, 3.05) is 0 Å². The van der Waals surface area contributed by atoms with Gasteiger partial charge in [0.1, 0.15) is 11.3 Å². The number of fused-ring (bicyclic) bond motifs is 1. The molecule has 0 radical (unpaired) electrons. The van der Waals surface area contributed by atoms with E-state index in [2.05, 4.69) is 15.9 Å². The Balaban J connectivity index is 1.89. The molecule has 0 aliphatic rings. The standard InChI is InChI=1S/C14H11BrClNOS/c15-10-3-1-2-8-6-12(18-14(8)10)11(17)7-9-4-5-13(16)19-9/h1-6,11H,7,17H2. The summed E-state index contributed by atoms with van der Waals surface area (Å²) in [5.74, 6) is 0.798. The molecule has 0 bridgehead atoms. The van der Waals surface area contributed by atoms with E-state index < -0.39 is 0 Å². The lowest BCUT2D eigenvalue weighted by Crippen LogP contribution is -2.11. The minimum Gasteiger partial charge on any atom is -0.458 e. The van der Waals surface area contributed by atoms with Crippen molar-refractivity contribution in [3.63, 3.8) is 0 Å². The summed E-state index contributed by atoms with van der Waals surface area (Å²) in [5, 5.41) is 1.06. The molecule has 98 valence electrons. The van der Waals surface area contributed by atoms with E-state index in [1.54, 1.807) is 11.3 Å². The second kappa shape index (κ2) is 5.29. The molecular formula is C14H11BrClNOS. The van der Waals surface area contributed by atoms with Gasteiger partial charge >= 0.3 is 0 Å². The number of hydrogen-bond donors (Lipinski definition) is 1. The molecule has 3 rings (SSSR count). The van der Waals surface area contributed by atoms with Gasteiger partial charge in [-0.1, -0.05) is 23.7 Å². The van der Waals surface area contributed by atoms with Gasteiger partial charge in [-0.05, 0) is 40.2 Å². The summed E-state index contributed by atoms with van der Waals surface area (Å²) >= 11 is 11.0. The van der Waals surface area contributed by atoms with Gasteiger partial charge in [0.15, 0.2) is 0 Å². The monoisotopic (exact) mass is 355 g/mol. The largest absolute Gasteiger partial charge is 0.458 e. The summed E-state index contributed by atoms with van der Waals surface area (Å²) in [6.45, 7) is 0. The smallest absolute Gasteiger partial charge is 0.148 e. The number of halogens is 2. The molecule has 1 aromatic carbocycles. The second-order valence-electron chi connectivity index (χ2n) is 4.32. The Labute approximate surface area is 128 Å². The first-order valence-corrected chi connectivity index (χ1v) is 7.80. The number of benzene rings is 1. The number of rotatable bonds is 3. The Bertz CT molecular complexity index is 721. The summed E-state index contributed by atoms with van der Waals surface area (Å²) in [7, 11) is 0. The molecule has 0 saturated heterocycles. The van der Waals surface area contributed by atoms with Crippen LogP contribution in [0.1, 0.15) is 16.7 Å². The normalized spacial score (nSPS) is 13.0. The van der Waals surface area contributed by atoms with Gasteiger partial charge < -0.3 is 10.2 Å². The molecule has 5 heteroatoms. The van der Waals surface area contributed by atoms with E-state index >= 15 is 0 Å². The Kier molecular flexibility index (Phi) is 3.67. The van der Waals surface area contributed by atoms with Crippen LogP contribution < -0.4 is 5.73 Å². The van der Waals surface area contributed by atoms with E-state index in [-0.39, 0.29) is 6.04 Å². The van der Waals surface area contributed by atoms with E-state index in [1.807, 2.05) is 36.4 Å². The van der Waals surface area contributed by atoms with Gasteiger partial charge in [-0.15, -0.1) is 11.3 Å². The van der Waals surface area contributed by atoms with Gasteiger partial charge in [-0.2, -0.15) is 0 Å². The van der Waals surface area contributed by atoms with E-state index in [1.165, 1.54) is 0 Å². The zero-order valence-electron chi connectivity index (χ0n) is 9.90. The number of furan rings is 1. The van der Waals surface area contributed by atoms with Gasteiger partial charge in [0.2, 0.25) is 0 Å². The van der Waals surface area contributed by atoms with Gasteiger partial charge in [-0.25, -0.2) is 0 Å². The van der Waals surface area contributed by atoms with Crippen LogP contribution in [-0.4, -0.2) is 0 Å². The van der Waals surface area contributed by atoms with Crippen molar-refractivity contribution in [2.24, 2.45) is 5.73 Å². The fourth-order valence-corrected chi connectivity index (χ4v) is 3.62. The molecule has 2 N–H and O–H groups in total. The van der Waals surface area contributed by atoms with Crippen LogP contribution in [0.4, 0.5) is 0 Å². The van der Waals surface area contributed by atoms with Crippen LogP contribution in [0.15, 0.2) is 45.3 Å². The topological polar surface area (TPSA) is 39.2 Å². The molecule has 0 spiro atoms. The first-order valence-electron chi connectivity index (χ1n) is 5.81. The summed E-state index contributed by atoms with van der Waals surface area (Å²) < 4.78 is 7.57. The highest BCUT2D eigenvalue weighted by Gasteiger charge is 2.15. The number of hydrogen-bond acceptors (Lipinski definition) is 3. The third-order valence-electron chi connectivity index (χ3n) is 2.93. The van der Waals surface area contributed by atoms with E-state index in [0.29, 0.717) is 0 Å². The minimum atomic E-state index is -0.158. The highest BCUT2D eigenvalue weighted by atomic mass is 79.9. The molecule has 19 heavy (non-hydrogen) atoms. The summed E-state index contributed by atoms with van der Waals surface area (Å²) in [6.07, 6.45) is 0.731. The average molecular weight is 357 g/mol.